The summed E-state index contributed by atoms with van der Waals surface area (Å²) in [6, 6.07) is 10.5. The van der Waals surface area contributed by atoms with Crippen LogP contribution in [0.25, 0.3) is 0 Å². The van der Waals surface area contributed by atoms with Crippen molar-refractivity contribution in [1.29, 1.82) is 0 Å². The van der Waals surface area contributed by atoms with Gasteiger partial charge in [-0.25, -0.2) is 0 Å². The second-order valence-electron chi connectivity index (χ2n) is 5.13. The van der Waals surface area contributed by atoms with Gasteiger partial charge < -0.3 is 10.5 Å². The largest absolute Gasteiger partial charge is 0.333 e. The normalized spacial score (nSPS) is 10.4. The molecule has 1 unspecified atom stereocenters. The van der Waals surface area contributed by atoms with Crippen LogP contribution in [-0.2, 0) is 11.2 Å². The monoisotopic (exact) mass is 281 g/mol. The van der Waals surface area contributed by atoms with Crippen molar-refractivity contribution in [2.45, 2.75) is 54.9 Å². The molecule has 2 heteroatoms. The third-order valence-corrected chi connectivity index (χ3v) is 2.82. The predicted molar refractivity (Wildman–Crippen MR) is 92.0 cm³/mol. The van der Waals surface area contributed by atoms with Gasteiger partial charge in [-0.15, -0.1) is 0 Å². The maximum atomic E-state index is 10.2. The molecule has 0 radical (unpaired) electrons. The first-order chi connectivity index (χ1) is 9.41. The maximum absolute atomic E-state index is 10.2. The van der Waals surface area contributed by atoms with Crippen LogP contribution in [0.1, 0.15) is 54.0 Å². The maximum Gasteiger partial charge on any atom is 0.123 e. The van der Waals surface area contributed by atoms with E-state index in [1.165, 1.54) is 12.6 Å². The minimum atomic E-state index is 0.141. The van der Waals surface area contributed by atoms with E-state index in [0.29, 0.717) is 0 Å². The Morgan fingerprint density at radius 3 is 1.65 bits per heavy atom. The number of carbonyl (C=O) groups is 1. The number of nitrogens with two attached hydrogens (primary N) is 1. The van der Waals surface area contributed by atoms with E-state index in [-0.39, 0.29) is 11.3 Å². The standard InChI is InChI=1S/C8H10.C7H14O.C2H6.CH5N/c1-2-8-6-4-3-5-7-8;1-6(5-8)7(2,3)4;2*1-2/h3-7H,2H2,1H3;5-6H,1-4H3;1-2H3;2H2,1H3. The van der Waals surface area contributed by atoms with Gasteiger partial charge in [-0.1, -0.05) is 78.8 Å². The lowest BCUT2D eigenvalue weighted by atomic mass is 9.83. The van der Waals surface area contributed by atoms with Gasteiger partial charge in [-0.05, 0) is 24.4 Å². The van der Waals surface area contributed by atoms with Crippen LogP contribution in [0.4, 0.5) is 0 Å². The minimum absolute atomic E-state index is 0.141. The van der Waals surface area contributed by atoms with Gasteiger partial charge in [0.1, 0.15) is 6.29 Å². The van der Waals surface area contributed by atoms with Crippen LogP contribution in [0.3, 0.4) is 0 Å². The van der Waals surface area contributed by atoms with Crippen molar-refractivity contribution < 1.29 is 4.79 Å². The van der Waals surface area contributed by atoms with Crippen molar-refractivity contribution in [1.82, 2.24) is 0 Å². The number of aldehydes is 1. The number of benzene rings is 1. The van der Waals surface area contributed by atoms with Gasteiger partial charge in [0.25, 0.3) is 0 Å². The van der Waals surface area contributed by atoms with Crippen LogP contribution >= 0.6 is 0 Å². The molecule has 1 aromatic rings. The van der Waals surface area contributed by atoms with Gasteiger partial charge in [0.2, 0.25) is 0 Å². The fraction of sp³-hybridized carbons (Fsp3) is 0.611. The molecule has 0 amide bonds. The van der Waals surface area contributed by atoms with E-state index in [9.17, 15) is 4.79 Å². The molecule has 1 aromatic carbocycles. The zero-order valence-corrected chi connectivity index (χ0v) is 14.7. The Hall–Kier alpha value is -1.15. The second kappa shape index (κ2) is 15.9. The topological polar surface area (TPSA) is 43.1 Å². The first kappa shape index (κ1) is 23.9. The van der Waals surface area contributed by atoms with Crippen LogP contribution in [0, 0.1) is 11.3 Å². The molecule has 0 heterocycles. The van der Waals surface area contributed by atoms with Gasteiger partial charge in [0.05, 0.1) is 0 Å². The summed E-state index contributed by atoms with van der Waals surface area (Å²) in [5.74, 6) is 0.169. The van der Waals surface area contributed by atoms with Crippen molar-refractivity contribution in [3.05, 3.63) is 35.9 Å². The molecule has 0 aromatic heterocycles. The average Bonchev–Trinajstić information content (AvgIpc) is 2.51. The van der Waals surface area contributed by atoms with E-state index in [4.69, 9.17) is 0 Å². The van der Waals surface area contributed by atoms with E-state index in [0.717, 1.165) is 12.7 Å². The summed E-state index contributed by atoms with van der Waals surface area (Å²) in [4.78, 5) is 10.2. The lowest BCUT2D eigenvalue weighted by Crippen LogP contribution is -2.17. The van der Waals surface area contributed by atoms with E-state index in [1.807, 2.05) is 26.8 Å². The van der Waals surface area contributed by atoms with Gasteiger partial charge in [-0.3, -0.25) is 0 Å². The molecule has 2 N–H and O–H groups in total. The molecule has 1 atom stereocenters. The van der Waals surface area contributed by atoms with Crippen LogP contribution in [0.2, 0.25) is 0 Å². The first-order valence-corrected chi connectivity index (χ1v) is 7.48. The molecule has 0 spiro atoms. The zero-order chi connectivity index (χ0) is 16.6. The summed E-state index contributed by atoms with van der Waals surface area (Å²) in [5, 5.41) is 0. The molecule has 0 aliphatic carbocycles. The number of hydrogen-bond donors (Lipinski definition) is 1. The second-order valence-corrected chi connectivity index (χ2v) is 5.13. The molecule has 2 nitrogen and oxygen atoms in total. The van der Waals surface area contributed by atoms with Crippen LogP contribution in [0.15, 0.2) is 30.3 Å². The van der Waals surface area contributed by atoms with Crippen LogP contribution in [0.5, 0.6) is 0 Å². The Kier molecular flexibility index (Phi) is 19.0. The van der Waals surface area contributed by atoms with Crippen LogP contribution in [-0.4, -0.2) is 13.3 Å². The highest BCUT2D eigenvalue weighted by Gasteiger charge is 2.18. The predicted octanol–water partition coefficient (Wildman–Crippen LogP) is 4.72. The van der Waals surface area contributed by atoms with Crippen molar-refractivity contribution in [2.24, 2.45) is 17.1 Å². The molecular formula is C18H35NO. The van der Waals surface area contributed by atoms with Crippen molar-refractivity contribution in [3.8, 4) is 0 Å². The van der Waals surface area contributed by atoms with E-state index < -0.39 is 0 Å². The highest BCUT2D eigenvalue weighted by Crippen LogP contribution is 2.22. The Morgan fingerprint density at radius 1 is 1.10 bits per heavy atom. The smallest absolute Gasteiger partial charge is 0.123 e. The third kappa shape index (κ3) is 14.9. The van der Waals surface area contributed by atoms with Gasteiger partial charge >= 0.3 is 0 Å². The molecule has 0 aliphatic heterocycles. The number of hydrogen-bond acceptors (Lipinski definition) is 2. The summed E-state index contributed by atoms with van der Waals surface area (Å²) in [6.07, 6.45) is 2.14. The summed E-state index contributed by atoms with van der Waals surface area (Å²) in [7, 11) is 1.50. The average molecular weight is 281 g/mol. The molecule has 0 fully saturated rings. The van der Waals surface area contributed by atoms with E-state index in [1.54, 1.807) is 0 Å². The fourth-order valence-corrected chi connectivity index (χ4v) is 0.918. The van der Waals surface area contributed by atoms with Crippen molar-refractivity contribution in [3.63, 3.8) is 0 Å². The number of rotatable bonds is 2. The van der Waals surface area contributed by atoms with E-state index >= 15 is 0 Å². The summed E-state index contributed by atoms with van der Waals surface area (Å²) in [6.45, 7) is 14.3. The first-order valence-electron chi connectivity index (χ1n) is 7.48. The highest BCUT2D eigenvalue weighted by molar-refractivity contribution is 5.53. The summed E-state index contributed by atoms with van der Waals surface area (Å²) >= 11 is 0. The van der Waals surface area contributed by atoms with Gasteiger partial charge in [-0.2, -0.15) is 0 Å². The zero-order valence-electron chi connectivity index (χ0n) is 14.7. The fourth-order valence-electron chi connectivity index (χ4n) is 0.918. The molecule has 0 saturated carbocycles. The van der Waals surface area contributed by atoms with E-state index in [2.05, 4.69) is 57.7 Å². The Bertz CT molecular complexity index is 288. The van der Waals surface area contributed by atoms with Gasteiger partial charge in [0.15, 0.2) is 0 Å². The third-order valence-electron chi connectivity index (χ3n) is 2.82. The number of aryl methyl sites for hydroxylation is 1. The Morgan fingerprint density at radius 2 is 1.50 bits per heavy atom. The number of carbonyl (C=O) groups excluding carboxylic acids is 1. The lowest BCUT2D eigenvalue weighted by Gasteiger charge is -2.21. The molecule has 20 heavy (non-hydrogen) atoms. The molecule has 118 valence electrons. The molecular weight excluding hydrogens is 246 g/mol. The summed E-state index contributed by atoms with van der Waals surface area (Å²) in [5.41, 5.74) is 6.05. The highest BCUT2D eigenvalue weighted by atomic mass is 16.1. The lowest BCUT2D eigenvalue weighted by molar-refractivity contribution is -0.113. The molecule has 0 saturated heterocycles. The SMILES string of the molecule is CC.CC(C=O)C(C)(C)C.CCc1ccccc1.CN. The Balaban J connectivity index is -0.000000231. The van der Waals surface area contributed by atoms with Gasteiger partial charge in [0, 0.05) is 5.92 Å². The summed E-state index contributed by atoms with van der Waals surface area (Å²) < 4.78 is 0. The van der Waals surface area contributed by atoms with Crippen LogP contribution < -0.4 is 5.73 Å². The van der Waals surface area contributed by atoms with Crippen molar-refractivity contribution in [2.75, 3.05) is 7.05 Å². The Labute approximate surface area is 126 Å². The molecule has 0 aliphatic rings. The van der Waals surface area contributed by atoms with Crippen molar-refractivity contribution >= 4 is 6.29 Å². The minimum Gasteiger partial charge on any atom is -0.333 e. The molecule has 1 rings (SSSR count). The quantitative estimate of drug-likeness (QED) is 0.797. The molecule has 0 bridgehead atoms.